The van der Waals surface area contributed by atoms with E-state index in [0.717, 1.165) is 45.8 Å². The molecule has 11 heteroatoms. The number of anilines is 1. The van der Waals surface area contributed by atoms with E-state index in [1.807, 2.05) is 44.3 Å². The summed E-state index contributed by atoms with van der Waals surface area (Å²) >= 11 is 0. The number of nitrogen functional groups attached to an aromatic ring is 1. The maximum absolute atomic E-state index is 14.4. The summed E-state index contributed by atoms with van der Waals surface area (Å²) in [5, 5.41) is 2.03. The van der Waals surface area contributed by atoms with E-state index in [9.17, 15) is 13.3 Å². The second kappa shape index (κ2) is 13.9. The Morgan fingerprint density at radius 2 is 1.69 bits per heavy atom. The van der Waals surface area contributed by atoms with Crippen LogP contribution in [-0.4, -0.2) is 48.7 Å². The molecule has 2 heterocycles. The summed E-state index contributed by atoms with van der Waals surface area (Å²) in [5.74, 6) is 1.10. The lowest BCUT2D eigenvalue weighted by atomic mass is 9.99. The maximum Gasteiger partial charge on any atom is 0.399 e. The van der Waals surface area contributed by atoms with Gasteiger partial charge in [-0.05, 0) is 87.1 Å². The molecular formula is C31H38F2N3O5P. The Morgan fingerprint density at radius 1 is 0.929 bits per heavy atom. The van der Waals surface area contributed by atoms with Crippen molar-refractivity contribution in [2.75, 3.05) is 38.8 Å². The SMILES string of the molecule is CCOP(=O)(OCC)C(F)(F)CCOCCOc1ccc(CCc2cnc3c(N)nc4cc(C)ccc4c3c2)c(C)c1. The lowest BCUT2D eigenvalue weighted by Gasteiger charge is -2.25. The van der Waals surface area contributed by atoms with Gasteiger partial charge in [-0.15, -0.1) is 0 Å². The van der Waals surface area contributed by atoms with Gasteiger partial charge in [0.05, 0.1) is 31.9 Å². The molecular weight excluding hydrogens is 563 g/mol. The number of halogens is 2. The van der Waals surface area contributed by atoms with Gasteiger partial charge in [0.2, 0.25) is 0 Å². The smallest absolute Gasteiger partial charge is 0.399 e. The van der Waals surface area contributed by atoms with Crippen LogP contribution in [0, 0.1) is 13.8 Å². The molecule has 0 amide bonds. The highest BCUT2D eigenvalue weighted by atomic mass is 31.2. The van der Waals surface area contributed by atoms with Gasteiger partial charge in [0.1, 0.15) is 17.9 Å². The lowest BCUT2D eigenvalue weighted by Crippen LogP contribution is -2.23. The van der Waals surface area contributed by atoms with Crippen LogP contribution in [0.1, 0.15) is 42.5 Å². The molecule has 2 N–H and O–H groups in total. The summed E-state index contributed by atoms with van der Waals surface area (Å²) < 4.78 is 61.7. The van der Waals surface area contributed by atoms with Crippen LogP contribution < -0.4 is 10.5 Å². The van der Waals surface area contributed by atoms with Gasteiger partial charge in [-0.2, -0.15) is 8.78 Å². The predicted molar refractivity (Wildman–Crippen MR) is 162 cm³/mol. The van der Waals surface area contributed by atoms with Crippen molar-refractivity contribution in [2.45, 2.75) is 52.6 Å². The first-order valence-electron chi connectivity index (χ1n) is 14.1. The highest BCUT2D eigenvalue weighted by Gasteiger charge is 2.52. The molecule has 0 fully saturated rings. The number of hydrogen-bond acceptors (Lipinski definition) is 8. The van der Waals surface area contributed by atoms with Crippen LogP contribution in [0.25, 0.3) is 21.8 Å². The molecule has 0 saturated carbocycles. The highest BCUT2D eigenvalue weighted by molar-refractivity contribution is 7.55. The van der Waals surface area contributed by atoms with Crippen LogP contribution in [-0.2, 0) is 31.2 Å². The molecule has 0 bridgehead atoms. The molecule has 0 aliphatic heterocycles. The quantitative estimate of drug-likeness (QED) is 0.0853. The van der Waals surface area contributed by atoms with Crippen molar-refractivity contribution >= 4 is 35.2 Å². The van der Waals surface area contributed by atoms with E-state index in [2.05, 4.69) is 28.2 Å². The Kier molecular flexibility index (Phi) is 10.5. The molecule has 0 unspecified atom stereocenters. The predicted octanol–water partition coefficient (Wildman–Crippen LogP) is 7.41. The number of benzene rings is 2. The number of fused-ring (bicyclic) bond motifs is 3. The molecule has 0 radical (unpaired) electrons. The Labute approximate surface area is 245 Å². The third-order valence-electron chi connectivity index (χ3n) is 6.91. The zero-order chi connectivity index (χ0) is 30.3. The van der Waals surface area contributed by atoms with Crippen molar-refractivity contribution < 1.29 is 31.9 Å². The summed E-state index contributed by atoms with van der Waals surface area (Å²) in [4.78, 5) is 9.13. The zero-order valence-electron chi connectivity index (χ0n) is 24.5. The number of aryl methyl sites for hydroxylation is 4. The van der Waals surface area contributed by atoms with E-state index >= 15 is 0 Å². The van der Waals surface area contributed by atoms with Gasteiger partial charge in [0.15, 0.2) is 5.82 Å². The molecule has 2 aromatic carbocycles. The first-order valence-corrected chi connectivity index (χ1v) is 15.6. The summed E-state index contributed by atoms with van der Waals surface area (Å²) in [5.41, 5.74) is 8.63. The molecule has 2 aromatic heterocycles. The summed E-state index contributed by atoms with van der Waals surface area (Å²) in [6.07, 6.45) is 2.71. The molecule has 0 atom stereocenters. The molecule has 4 rings (SSSR count). The lowest BCUT2D eigenvalue weighted by molar-refractivity contribution is -0.000492. The maximum atomic E-state index is 14.4. The van der Waals surface area contributed by atoms with E-state index in [0.29, 0.717) is 17.1 Å². The molecule has 0 aliphatic rings. The standard InChI is InChI=1S/C31H38F2N3O5P/c1-5-40-42(37,41-6-2)31(32,33)13-14-38-15-16-39-25-11-10-24(22(4)18-25)9-8-23-19-27-26-12-7-21(3)17-28(26)36-30(34)29(27)35-20-23/h7,10-12,17-20H,5-6,8-9,13-16H2,1-4H3,(H2,34,36). The topological polar surface area (TPSA) is 106 Å². The van der Waals surface area contributed by atoms with Crippen molar-refractivity contribution in [3.63, 3.8) is 0 Å². The molecule has 0 saturated heterocycles. The van der Waals surface area contributed by atoms with E-state index in [1.54, 1.807) is 0 Å². The van der Waals surface area contributed by atoms with E-state index in [4.69, 9.17) is 24.3 Å². The summed E-state index contributed by atoms with van der Waals surface area (Å²) in [7, 11) is -4.54. The normalized spacial score (nSPS) is 12.3. The zero-order valence-corrected chi connectivity index (χ0v) is 25.4. The molecule has 4 aromatic rings. The molecule has 42 heavy (non-hydrogen) atoms. The third kappa shape index (κ3) is 7.42. The monoisotopic (exact) mass is 601 g/mol. The van der Waals surface area contributed by atoms with E-state index in [1.165, 1.54) is 19.4 Å². The third-order valence-corrected chi connectivity index (χ3v) is 9.13. The van der Waals surface area contributed by atoms with Crippen LogP contribution in [0.3, 0.4) is 0 Å². The van der Waals surface area contributed by atoms with Crippen molar-refractivity contribution in [3.05, 3.63) is 70.9 Å². The molecule has 0 aliphatic carbocycles. The molecule has 226 valence electrons. The number of alkyl halides is 2. The number of nitrogens with two attached hydrogens (primary N) is 1. The van der Waals surface area contributed by atoms with Crippen LogP contribution in [0.15, 0.2) is 48.7 Å². The average molecular weight is 602 g/mol. The van der Waals surface area contributed by atoms with Gasteiger partial charge in [0, 0.05) is 23.4 Å². The number of nitrogens with zero attached hydrogens (tertiary/aromatic N) is 2. The largest absolute Gasteiger partial charge is 0.491 e. The number of pyridine rings is 2. The van der Waals surface area contributed by atoms with Gasteiger partial charge >= 0.3 is 13.3 Å². The second-order valence-corrected chi connectivity index (χ2v) is 12.2. The minimum absolute atomic E-state index is 0.105. The average Bonchev–Trinajstić information content (AvgIpc) is 2.94. The fraction of sp³-hybridized carbons (Fsp3) is 0.419. The first-order chi connectivity index (χ1) is 20.1. The van der Waals surface area contributed by atoms with Gasteiger partial charge < -0.3 is 24.3 Å². The van der Waals surface area contributed by atoms with Crippen LogP contribution in [0.5, 0.6) is 5.75 Å². The van der Waals surface area contributed by atoms with Crippen molar-refractivity contribution in [1.29, 1.82) is 0 Å². The van der Waals surface area contributed by atoms with Gasteiger partial charge in [-0.3, -0.25) is 9.55 Å². The fourth-order valence-electron chi connectivity index (χ4n) is 4.73. The van der Waals surface area contributed by atoms with Gasteiger partial charge in [0.25, 0.3) is 0 Å². The van der Waals surface area contributed by atoms with Gasteiger partial charge in [-0.25, -0.2) is 4.98 Å². The van der Waals surface area contributed by atoms with Crippen molar-refractivity contribution in [2.24, 2.45) is 0 Å². The van der Waals surface area contributed by atoms with Gasteiger partial charge in [-0.1, -0.05) is 18.2 Å². The second-order valence-electron chi connectivity index (χ2n) is 10.1. The molecule has 8 nitrogen and oxygen atoms in total. The Bertz CT molecular complexity index is 1570. The van der Waals surface area contributed by atoms with E-state index in [-0.39, 0.29) is 33.0 Å². The minimum Gasteiger partial charge on any atom is -0.491 e. The van der Waals surface area contributed by atoms with Crippen molar-refractivity contribution in [1.82, 2.24) is 9.97 Å². The van der Waals surface area contributed by atoms with E-state index < -0.39 is 19.7 Å². The Hall–Kier alpha value is -3.17. The summed E-state index contributed by atoms with van der Waals surface area (Å²) in [6.45, 7) is 6.75. The number of hydrogen-bond donors (Lipinski definition) is 1. The summed E-state index contributed by atoms with van der Waals surface area (Å²) in [6, 6.07) is 14.2. The Balaban J connectivity index is 1.28. The number of aromatic nitrogens is 2. The van der Waals surface area contributed by atoms with Crippen LogP contribution in [0.2, 0.25) is 0 Å². The number of rotatable bonds is 15. The Morgan fingerprint density at radius 3 is 2.40 bits per heavy atom. The minimum atomic E-state index is -4.54. The van der Waals surface area contributed by atoms with Crippen LogP contribution >= 0.6 is 7.60 Å². The first kappa shape index (κ1) is 31.8. The number of ether oxygens (including phenoxy) is 2. The highest BCUT2D eigenvalue weighted by Crippen LogP contribution is 2.63. The molecule has 0 spiro atoms. The van der Waals surface area contributed by atoms with Crippen molar-refractivity contribution in [3.8, 4) is 5.75 Å². The fourth-order valence-corrected chi connectivity index (χ4v) is 6.23. The van der Waals surface area contributed by atoms with Crippen LogP contribution in [0.4, 0.5) is 14.6 Å².